The molecule has 11 heavy (non-hydrogen) atoms. The number of rotatable bonds is 5. The SMILES string of the molecule is CCCCC(CC)C(=O)[O-].[Rh+2]. The molecule has 0 aliphatic carbocycles. The van der Waals surface area contributed by atoms with E-state index in [0.717, 1.165) is 19.3 Å². The van der Waals surface area contributed by atoms with E-state index in [4.69, 9.17) is 0 Å². The second kappa shape index (κ2) is 8.19. The molecule has 0 aromatic heterocycles. The Morgan fingerprint density at radius 1 is 1.45 bits per heavy atom. The first-order valence-corrected chi connectivity index (χ1v) is 3.93. The van der Waals surface area contributed by atoms with E-state index in [0.29, 0.717) is 6.42 Å². The second-order valence-corrected chi connectivity index (χ2v) is 2.57. The fraction of sp³-hybridized carbons (Fsp3) is 0.875. The molecule has 3 heteroatoms. The van der Waals surface area contributed by atoms with Gasteiger partial charge in [-0.2, -0.15) is 0 Å². The average molecular weight is 246 g/mol. The van der Waals surface area contributed by atoms with Gasteiger partial charge >= 0.3 is 19.5 Å². The summed E-state index contributed by atoms with van der Waals surface area (Å²) in [7, 11) is 0. The van der Waals surface area contributed by atoms with E-state index in [1.165, 1.54) is 0 Å². The van der Waals surface area contributed by atoms with Gasteiger partial charge < -0.3 is 9.90 Å². The van der Waals surface area contributed by atoms with Crippen LogP contribution in [0.1, 0.15) is 39.5 Å². The molecule has 0 aromatic carbocycles. The predicted molar refractivity (Wildman–Crippen MR) is 38.3 cm³/mol. The van der Waals surface area contributed by atoms with Gasteiger partial charge in [-0.1, -0.05) is 26.7 Å². The van der Waals surface area contributed by atoms with Gasteiger partial charge in [0.2, 0.25) is 0 Å². The van der Waals surface area contributed by atoms with Gasteiger partial charge in [0.15, 0.2) is 0 Å². The van der Waals surface area contributed by atoms with Gasteiger partial charge in [0.1, 0.15) is 0 Å². The van der Waals surface area contributed by atoms with E-state index in [1.807, 2.05) is 6.92 Å². The minimum absolute atomic E-state index is 0. The molecule has 0 saturated heterocycles. The summed E-state index contributed by atoms with van der Waals surface area (Å²) >= 11 is 0. The number of carboxylic acid groups (broad SMARTS) is 1. The van der Waals surface area contributed by atoms with Crippen LogP contribution < -0.4 is 5.11 Å². The summed E-state index contributed by atoms with van der Waals surface area (Å²) in [5, 5.41) is 10.3. The van der Waals surface area contributed by atoms with Crippen molar-refractivity contribution in [2.75, 3.05) is 0 Å². The first-order chi connectivity index (χ1) is 4.72. The molecule has 1 atom stereocenters. The van der Waals surface area contributed by atoms with Crippen LogP contribution in [0.5, 0.6) is 0 Å². The molecule has 0 rings (SSSR count). The standard InChI is InChI=1S/C8H16O2.Rh/c1-3-5-6-7(4-2)8(9)10;/h7H,3-6H2,1-2H3,(H,9,10);/q;+2/p-1. The molecule has 1 radical (unpaired) electrons. The van der Waals surface area contributed by atoms with Crippen LogP contribution in [0.4, 0.5) is 0 Å². The van der Waals surface area contributed by atoms with E-state index >= 15 is 0 Å². The molecule has 0 heterocycles. The molecule has 0 fully saturated rings. The maximum Gasteiger partial charge on any atom is 2.00 e. The zero-order valence-electron chi connectivity index (χ0n) is 7.06. The summed E-state index contributed by atoms with van der Waals surface area (Å²) in [4.78, 5) is 10.3. The normalized spacial score (nSPS) is 11.8. The second-order valence-electron chi connectivity index (χ2n) is 2.57. The third kappa shape index (κ3) is 6.49. The Kier molecular flexibility index (Phi) is 10.2. The van der Waals surface area contributed by atoms with Crippen LogP contribution in [0, 0.1) is 5.92 Å². The first-order valence-electron chi connectivity index (χ1n) is 3.93. The van der Waals surface area contributed by atoms with Crippen molar-refractivity contribution in [1.29, 1.82) is 0 Å². The zero-order valence-corrected chi connectivity index (χ0v) is 8.69. The minimum Gasteiger partial charge on any atom is -0.550 e. The fourth-order valence-corrected chi connectivity index (χ4v) is 0.939. The molecule has 0 bridgehead atoms. The Balaban J connectivity index is 0. The Hall–Kier alpha value is 0.0934. The van der Waals surface area contributed by atoms with Crippen molar-refractivity contribution in [1.82, 2.24) is 0 Å². The third-order valence-corrected chi connectivity index (χ3v) is 1.73. The Morgan fingerprint density at radius 2 is 2.00 bits per heavy atom. The monoisotopic (exact) mass is 246 g/mol. The molecule has 1 unspecified atom stereocenters. The topological polar surface area (TPSA) is 40.1 Å². The average Bonchev–Trinajstić information content (AvgIpc) is 1.89. The van der Waals surface area contributed by atoms with Crippen molar-refractivity contribution < 1.29 is 29.4 Å². The van der Waals surface area contributed by atoms with Crippen LogP contribution in [0.2, 0.25) is 0 Å². The third-order valence-electron chi connectivity index (χ3n) is 1.73. The molecular formula is C8H15O2Rh+. The van der Waals surface area contributed by atoms with Crippen LogP contribution >= 0.6 is 0 Å². The summed E-state index contributed by atoms with van der Waals surface area (Å²) in [5.41, 5.74) is 0. The summed E-state index contributed by atoms with van der Waals surface area (Å²) in [5.74, 6) is -1.11. The molecule has 0 aromatic rings. The van der Waals surface area contributed by atoms with Crippen molar-refractivity contribution in [3.63, 3.8) is 0 Å². The van der Waals surface area contributed by atoms with Crippen LogP contribution in [-0.4, -0.2) is 5.97 Å². The van der Waals surface area contributed by atoms with Crippen molar-refractivity contribution in [2.45, 2.75) is 39.5 Å². The summed E-state index contributed by atoms with van der Waals surface area (Å²) in [6.45, 7) is 3.94. The predicted octanol–water partition coefficient (Wildman–Crippen LogP) is 0.950. The van der Waals surface area contributed by atoms with E-state index in [9.17, 15) is 9.90 Å². The molecule has 0 aliphatic rings. The number of unbranched alkanes of at least 4 members (excludes halogenated alkanes) is 1. The van der Waals surface area contributed by atoms with Gasteiger partial charge in [-0.3, -0.25) is 0 Å². The molecule has 0 spiro atoms. The van der Waals surface area contributed by atoms with Crippen molar-refractivity contribution in [3.8, 4) is 0 Å². The van der Waals surface area contributed by atoms with Gasteiger partial charge in [0.25, 0.3) is 0 Å². The van der Waals surface area contributed by atoms with Crippen molar-refractivity contribution in [3.05, 3.63) is 0 Å². The molecule has 67 valence electrons. The number of carbonyl (C=O) groups is 1. The van der Waals surface area contributed by atoms with Gasteiger partial charge in [-0.15, -0.1) is 0 Å². The van der Waals surface area contributed by atoms with Gasteiger partial charge in [-0.25, -0.2) is 0 Å². The number of hydrogen-bond acceptors (Lipinski definition) is 2. The number of hydrogen-bond donors (Lipinski definition) is 0. The Morgan fingerprint density at radius 3 is 2.27 bits per heavy atom. The van der Waals surface area contributed by atoms with Crippen molar-refractivity contribution >= 4 is 5.97 Å². The smallest absolute Gasteiger partial charge is 0.550 e. The van der Waals surface area contributed by atoms with Crippen LogP contribution in [-0.2, 0) is 24.3 Å². The molecule has 0 aliphatic heterocycles. The fourth-order valence-electron chi connectivity index (χ4n) is 0.939. The molecule has 0 saturated carbocycles. The van der Waals surface area contributed by atoms with Gasteiger partial charge in [0.05, 0.1) is 0 Å². The molecule has 0 amide bonds. The quantitative estimate of drug-likeness (QED) is 0.677. The van der Waals surface area contributed by atoms with E-state index in [2.05, 4.69) is 6.92 Å². The largest absolute Gasteiger partial charge is 2.00 e. The summed E-state index contributed by atoms with van der Waals surface area (Å²) in [6.07, 6.45) is 3.52. The van der Waals surface area contributed by atoms with Crippen molar-refractivity contribution in [2.24, 2.45) is 5.92 Å². The molecular weight excluding hydrogens is 231 g/mol. The Labute approximate surface area is 81.1 Å². The molecule has 0 N–H and O–H groups in total. The first kappa shape index (κ1) is 13.7. The number of carbonyl (C=O) groups excluding carboxylic acids is 1. The Bertz CT molecular complexity index is 104. The molecule has 2 nitrogen and oxygen atoms in total. The maximum atomic E-state index is 10.3. The minimum atomic E-state index is -0.893. The number of aliphatic carboxylic acids is 1. The number of carboxylic acids is 1. The van der Waals surface area contributed by atoms with Gasteiger partial charge in [-0.05, 0) is 18.8 Å². The summed E-state index contributed by atoms with van der Waals surface area (Å²) in [6, 6.07) is 0. The van der Waals surface area contributed by atoms with Crippen LogP contribution in [0.25, 0.3) is 0 Å². The van der Waals surface area contributed by atoms with Crippen LogP contribution in [0.3, 0.4) is 0 Å². The zero-order chi connectivity index (χ0) is 7.98. The van der Waals surface area contributed by atoms with Crippen LogP contribution in [0.15, 0.2) is 0 Å². The summed E-state index contributed by atoms with van der Waals surface area (Å²) < 4.78 is 0. The van der Waals surface area contributed by atoms with Gasteiger partial charge in [0, 0.05) is 5.97 Å². The maximum absolute atomic E-state index is 10.3. The van der Waals surface area contributed by atoms with E-state index in [1.54, 1.807) is 0 Å². The van der Waals surface area contributed by atoms with E-state index in [-0.39, 0.29) is 25.4 Å². The van der Waals surface area contributed by atoms with E-state index < -0.39 is 5.97 Å².